The van der Waals surface area contributed by atoms with Gasteiger partial charge in [0, 0.05) is 41.1 Å². The van der Waals surface area contributed by atoms with Crippen molar-refractivity contribution in [3.8, 4) is 11.1 Å². The summed E-state index contributed by atoms with van der Waals surface area (Å²) in [6.45, 7) is 0.509. The lowest BCUT2D eigenvalue weighted by Gasteiger charge is -2.32. The maximum absolute atomic E-state index is 14.2. The average molecular weight is 459 g/mol. The molecule has 0 aliphatic carbocycles. The van der Waals surface area contributed by atoms with Crippen molar-refractivity contribution < 1.29 is 18.4 Å². The summed E-state index contributed by atoms with van der Waals surface area (Å²) >= 11 is 0. The summed E-state index contributed by atoms with van der Waals surface area (Å²) in [5.41, 5.74) is 7.32. The number of hydrogen-bond acceptors (Lipinski definition) is 6. The second kappa shape index (κ2) is 8.58. The highest BCUT2D eigenvalue weighted by molar-refractivity contribution is 6.42. The van der Waals surface area contributed by atoms with Crippen LogP contribution in [0.15, 0.2) is 61.2 Å². The lowest BCUT2D eigenvalue weighted by Crippen LogP contribution is -2.28. The Hall–Kier alpha value is -4.27. The van der Waals surface area contributed by atoms with Gasteiger partial charge in [0.1, 0.15) is 17.8 Å². The summed E-state index contributed by atoms with van der Waals surface area (Å²) in [7, 11) is 0. The molecule has 4 aromatic rings. The van der Waals surface area contributed by atoms with Crippen LogP contribution in [0.4, 0.5) is 20.3 Å². The van der Waals surface area contributed by atoms with Crippen LogP contribution in [0.25, 0.3) is 21.9 Å². The van der Waals surface area contributed by atoms with Gasteiger partial charge in [0.15, 0.2) is 0 Å². The number of nitrogens with two attached hydrogens (primary N) is 1. The van der Waals surface area contributed by atoms with Crippen molar-refractivity contribution in [2.45, 2.75) is 19.3 Å². The van der Waals surface area contributed by atoms with Crippen LogP contribution in [0.2, 0.25) is 0 Å². The molecule has 0 saturated heterocycles. The molecule has 7 nitrogen and oxygen atoms in total. The highest BCUT2D eigenvalue weighted by atomic mass is 19.3. The van der Waals surface area contributed by atoms with Gasteiger partial charge < -0.3 is 10.6 Å². The fourth-order valence-electron chi connectivity index (χ4n) is 4.37. The van der Waals surface area contributed by atoms with E-state index in [1.54, 1.807) is 18.2 Å². The summed E-state index contributed by atoms with van der Waals surface area (Å²) in [6.07, 6.45) is 3.08. The number of anilines is 2. The van der Waals surface area contributed by atoms with E-state index in [4.69, 9.17) is 5.73 Å². The van der Waals surface area contributed by atoms with E-state index in [0.29, 0.717) is 41.0 Å². The van der Waals surface area contributed by atoms with E-state index in [2.05, 4.69) is 15.0 Å². The highest BCUT2D eigenvalue weighted by Gasteiger charge is 2.27. The normalized spacial score (nSPS) is 13.2. The molecule has 1 aliphatic rings. The van der Waals surface area contributed by atoms with Crippen molar-refractivity contribution in [3.63, 3.8) is 0 Å². The first-order chi connectivity index (χ1) is 16.4. The second-order valence-corrected chi connectivity index (χ2v) is 8.00. The van der Waals surface area contributed by atoms with Gasteiger partial charge in [-0.3, -0.25) is 9.59 Å². The van der Waals surface area contributed by atoms with Crippen molar-refractivity contribution in [1.29, 1.82) is 0 Å². The Labute approximate surface area is 193 Å². The number of fused-ring (bicyclic) bond motifs is 2. The SMILES string of the molecule is NC(=O)C(=O)c1cc2ccccc2c(N2CCCc3cc(-c4cncnc4)c(C(F)F)cc32)n1. The molecule has 1 amide bonds. The van der Waals surface area contributed by atoms with Gasteiger partial charge in [-0.1, -0.05) is 24.3 Å². The van der Waals surface area contributed by atoms with Crippen molar-refractivity contribution in [2.75, 3.05) is 11.4 Å². The molecule has 1 aliphatic heterocycles. The van der Waals surface area contributed by atoms with Gasteiger partial charge in [0.05, 0.1) is 0 Å². The van der Waals surface area contributed by atoms with Crippen LogP contribution >= 0.6 is 0 Å². The van der Waals surface area contributed by atoms with Crippen LogP contribution in [0.3, 0.4) is 0 Å². The molecule has 0 unspecified atom stereocenters. The summed E-state index contributed by atoms with van der Waals surface area (Å²) < 4.78 is 28.3. The molecule has 2 N–H and O–H groups in total. The number of nitrogens with zero attached hydrogens (tertiary/aromatic N) is 4. The summed E-state index contributed by atoms with van der Waals surface area (Å²) in [5.74, 6) is -1.60. The number of ketones is 1. The van der Waals surface area contributed by atoms with Gasteiger partial charge in [-0.05, 0) is 47.6 Å². The number of aromatic nitrogens is 3. The van der Waals surface area contributed by atoms with E-state index in [9.17, 15) is 18.4 Å². The van der Waals surface area contributed by atoms with Crippen LogP contribution in [0.5, 0.6) is 0 Å². The fourth-order valence-corrected chi connectivity index (χ4v) is 4.37. The van der Waals surface area contributed by atoms with E-state index in [-0.39, 0.29) is 11.3 Å². The molecule has 3 heterocycles. The molecular weight excluding hydrogens is 440 g/mol. The average Bonchev–Trinajstić information content (AvgIpc) is 2.86. The van der Waals surface area contributed by atoms with Crippen molar-refractivity contribution in [1.82, 2.24) is 15.0 Å². The molecule has 0 fully saturated rings. The number of rotatable bonds is 5. The number of pyridine rings is 1. The first kappa shape index (κ1) is 21.6. The Morgan fingerprint density at radius 2 is 1.82 bits per heavy atom. The lowest BCUT2D eigenvalue weighted by atomic mass is 9.92. The molecule has 0 bridgehead atoms. The Morgan fingerprint density at radius 1 is 1.06 bits per heavy atom. The summed E-state index contributed by atoms with van der Waals surface area (Å²) in [4.78, 5) is 38.1. The van der Waals surface area contributed by atoms with E-state index in [1.165, 1.54) is 30.9 Å². The first-order valence-corrected chi connectivity index (χ1v) is 10.7. The van der Waals surface area contributed by atoms with Gasteiger partial charge in [-0.15, -0.1) is 0 Å². The van der Waals surface area contributed by atoms with Crippen molar-refractivity contribution in [2.24, 2.45) is 5.73 Å². The quantitative estimate of drug-likeness (QED) is 0.351. The smallest absolute Gasteiger partial charge is 0.291 e. The van der Waals surface area contributed by atoms with Crippen molar-refractivity contribution in [3.05, 3.63) is 78.0 Å². The van der Waals surface area contributed by atoms with Gasteiger partial charge in [-0.25, -0.2) is 23.7 Å². The minimum absolute atomic E-state index is 0.0829. The van der Waals surface area contributed by atoms with Crippen LogP contribution in [-0.4, -0.2) is 33.2 Å². The third-order valence-electron chi connectivity index (χ3n) is 5.91. The third-order valence-corrected chi connectivity index (χ3v) is 5.91. The Balaban J connectivity index is 1.72. The first-order valence-electron chi connectivity index (χ1n) is 10.7. The largest absolute Gasteiger partial charge is 0.363 e. The zero-order valence-electron chi connectivity index (χ0n) is 17.9. The van der Waals surface area contributed by atoms with E-state index in [1.807, 2.05) is 17.0 Å². The van der Waals surface area contributed by atoms with Crippen LogP contribution in [0, 0.1) is 0 Å². The second-order valence-electron chi connectivity index (χ2n) is 8.00. The molecule has 0 saturated carbocycles. The minimum atomic E-state index is -2.73. The van der Waals surface area contributed by atoms with E-state index in [0.717, 1.165) is 17.4 Å². The van der Waals surface area contributed by atoms with Crippen LogP contribution < -0.4 is 10.6 Å². The lowest BCUT2D eigenvalue weighted by molar-refractivity contribution is -0.114. The number of carbonyl (C=O) groups excluding carboxylic acids is 2. The molecule has 170 valence electrons. The summed E-state index contributed by atoms with van der Waals surface area (Å²) in [6, 6.07) is 12.0. The maximum atomic E-state index is 14.2. The molecule has 0 spiro atoms. The van der Waals surface area contributed by atoms with Gasteiger partial charge >= 0.3 is 0 Å². The number of halogens is 2. The predicted molar refractivity (Wildman–Crippen MR) is 123 cm³/mol. The van der Waals surface area contributed by atoms with Crippen LogP contribution in [0.1, 0.15) is 34.5 Å². The topological polar surface area (TPSA) is 102 Å². The number of Topliss-reactive ketones (excluding diaryl/α,β-unsaturated/α-hetero) is 1. The Bertz CT molecular complexity index is 1430. The molecule has 9 heteroatoms. The zero-order valence-corrected chi connectivity index (χ0v) is 17.9. The fraction of sp³-hybridized carbons (Fsp3) is 0.160. The number of benzene rings is 2. The van der Waals surface area contributed by atoms with E-state index < -0.39 is 18.1 Å². The van der Waals surface area contributed by atoms with Crippen LogP contribution in [-0.2, 0) is 11.2 Å². The number of primary amides is 1. The monoisotopic (exact) mass is 459 g/mol. The number of carbonyl (C=O) groups is 2. The number of amides is 1. The zero-order chi connectivity index (χ0) is 23.8. The standard InChI is InChI=1S/C25H19F2N5O2/c26-23(27)19-10-21-15(8-18(19)16-11-29-13-30-12-16)5-3-7-32(21)25-17-6-2-1-4-14(17)9-20(31-25)22(33)24(28)34/h1-2,4,6,8-13,23H,3,5,7H2,(H2,28,34). The minimum Gasteiger partial charge on any atom is -0.363 e. The molecule has 0 atom stereocenters. The molecule has 2 aromatic carbocycles. The van der Waals surface area contributed by atoms with E-state index >= 15 is 0 Å². The third kappa shape index (κ3) is 3.75. The van der Waals surface area contributed by atoms with Gasteiger partial charge in [0.2, 0.25) is 0 Å². The Kier molecular flexibility index (Phi) is 5.45. The number of aryl methyl sites for hydroxylation is 1. The molecule has 0 radical (unpaired) electrons. The molecule has 34 heavy (non-hydrogen) atoms. The molecular formula is C25H19F2N5O2. The number of hydrogen-bond donors (Lipinski definition) is 1. The molecule has 2 aromatic heterocycles. The number of alkyl halides is 2. The predicted octanol–water partition coefficient (Wildman–Crippen LogP) is 4.38. The summed E-state index contributed by atoms with van der Waals surface area (Å²) in [5, 5.41) is 1.42. The molecule has 5 rings (SSSR count). The van der Waals surface area contributed by atoms with Crippen molar-refractivity contribution >= 4 is 34.0 Å². The maximum Gasteiger partial charge on any atom is 0.291 e. The Morgan fingerprint density at radius 3 is 2.56 bits per heavy atom. The van der Waals surface area contributed by atoms with Gasteiger partial charge in [0.25, 0.3) is 18.1 Å². The van der Waals surface area contributed by atoms with Gasteiger partial charge in [-0.2, -0.15) is 0 Å². The highest BCUT2D eigenvalue weighted by Crippen LogP contribution is 2.42.